The Bertz CT molecular complexity index is 908. The monoisotopic (exact) mass is 355 g/mol. The van der Waals surface area contributed by atoms with Crippen molar-refractivity contribution in [3.8, 4) is 0 Å². The zero-order valence-corrected chi connectivity index (χ0v) is 14.6. The van der Waals surface area contributed by atoms with Gasteiger partial charge in [-0.15, -0.1) is 0 Å². The van der Waals surface area contributed by atoms with E-state index in [1.165, 1.54) is 6.20 Å². The standard InChI is InChI=1S/C20H19F2N3O/c1-4-13-6-19(25-20(26)15-7-17(15)21)24-8-14(13)5-11(2)16-9-23-10-18(22)12(16)3/h4-6,8-10,15,17H,1,7H2,2-3H3,(H,24,25,26)/b11-5+. The number of allylic oxidation sites excluding steroid dienone is 1. The summed E-state index contributed by atoms with van der Waals surface area (Å²) < 4.78 is 26.7. The van der Waals surface area contributed by atoms with Gasteiger partial charge < -0.3 is 5.32 Å². The normalized spacial score (nSPS) is 19.2. The Morgan fingerprint density at radius 1 is 1.35 bits per heavy atom. The lowest BCUT2D eigenvalue weighted by Crippen LogP contribution is -2.16. The highest BCUT2D eigenvalue weighted by atomic mass is 19.1. The van der Waals surface area contributed by atoms with E-state index in [4.69, 9.17) is 0 Å². The highest BCUT2D eigenvalue weighted by Gasteiger charge is 2.43. The highest BCUT2D eigenvalue weighted by molar-refractivity contribution is 5.94. The number of halogens is 2. The van der Waals surface area contributed by atoms with E-state index >= 15 is 0 Å². The Hall–Kier alpha value is -2.89. The van der Waals surface area contributed by atoms with Crippen molar-refractivity contribution in [3.05, 3.63) is 59.3 Å². The van der Waals surface area contributed by atoms with Crippen LogP contribution in [0.3, 0.4) is 0 Å². The molecule has 1 amide bonds. The molecule has 0 spiro atoms. The smallest absolute Gasteiger partial charge is 0.231 e. The van der Waals surface area contributed by atoms with Crippen LogP contribution in [0, 0.1) is 18.7 Å². The average molecular weight is 355 g/mol. The molecule has 1 saturated carbocycles. The van der Waals surface area contributed by atoms with Crippen molar-refractivity contribution in [2.75, 3.05) is 5.32 Å². The zero-order valence-electron chi connectivity index (χ0n) is 14.6. The number of nitrogens with one attached hydrogen (secondary N) is 1. The van der Waals surface area contributed by atoms with Crippen molar-refractivity contribution in [3.63, 3.8) is 0 Å². The van der Waals surface area contributed by atoms with Crippen LogP contribution in [0.2, 0.25) is 0 Å². The van der Waals surface area contributed by atoms with Crippen LogP contribution in [0.15, 0.2) is 31.2 Å². The van der Waals surface area contributed by atoms with Gasteiger partial charge in [-0.1, -0.05) is 12.7 Å². The third-order valence-electron chi connectivity index (χ3n) is 4.44. The molecule has 0 saturated heterocycles. The molecule has 0 radical (unpaired) electrons. The fraction of sp³-hybridized carbons (Fsp3) is 0.250. The largest absolute Gasteiger partial charge is 0.310 e. The molecule has 1 N–H and O–H groups in total. The molecule has 2 aromatic heterocycles. The summed E-state index contributed by atoms with van der Waals surface area (Å²) in [5.74, 6) is -0.945. The van der Waals surface area contributed by atoms with E-state index in [1.807, 2.05) is 13.0 Å². The molecule has 0 aliphatic heterocycles. The summed E-state index contributed by atoms with van der Waals surface area (Å²) in [6.45, 7) is 7.34. The molecule has 1 fully saturated rings. The third-order valence-corrected chi connectivity index (χ3v) is 4.44. The van der Waals surface area contributed by atoms with Crippen LogP contribution in [0.25, 0.3) is 17.7 Å². The van der Waals surface area contributed by atoms with Crippen molar-refractivity contribution >= 4 is 29.5 Å². The van der Waals surface area contributed by atoms with Gasteiger partial charge in [-0.2, -0.15) is 0 Å². The molecule has 1 aliphatic carbocycles. The predicted molar refractivity (Wildman–Crippen MR) is 98.4 cm³/mol. The van der Waals surface area contributed by atoms with Gasteiger partial charge in [0.05, 0.1) is 12.1 Å². The van der Waals surface area contributed by atoms with Gasteiger partial charge in [0.1, 0.15) is 17.8 Å². The molecule has 2 unspecified atom stereocenters. The molecule has 2 atom stereocenters. The van der Waals surface area contributed by atoms with Crippen LogP contribution in [-0.4, -0.2) is 22.0 Å². The number of carbonyl (C=O) groups is 1. The molecule has 26 heavy (non-hydrogen) atoms. The zero-order chi connectivity index (χ0) is 18.8. The Morgan fingerprint density at radius 2 is 2.08 bits per heavy atom. The van der Waals surface area contributed by atoms with E-state index in [9.17, 15) is 13.6 Å². The maximum absolute atomic E-state index is 13.7. The van der Waals surface area contributed by atoms with E-state index in [1.54, 1.807) is 31.5 Å². The van der Waals surface area contributed by atoms with Crippen LogP contribution in [-0.2, 0) is 4.79 Å². The molecule has 134 valence electrons. The van der Waals surface area contributed by atoms with Gasteiger partial charge in [-0.05, 0) is 49.1 Å². The lowest BCUT2D eigenvalue weighted by Gasteiger charge is -2.09. The second-order valence-electron chi connectivity index (χ2n) is 6.37. The first-order chi connectivity index (χ1) is 12.4. The maximum atomic E-state index is 13.7. The summed E-state index contributed by atoms with van der Waals surface area (Å²) in [6.07, 6.45) is 7.10. The van der Waals surface area contributed by atoms with Crippen molar-refractivity contribution < 1.29 is 13.6 Å². The first-order valence-electron chi connectivity index (χ1n) is 8.27. The highest BCUT2D eigenvalue weighted by Crippen LogP contribution is 2.34. The fourth-order valence-electron chi connectivity index (χ4n) is 2.71. The number of hydrogen-bond donors (Lipinski definition) is 1. The van der Waals surface area contributed by atoms with E-state index in [0.29, 0.717) is 16.9 Å². The van der Waals surface area contributed by atoms with Gasteiger partial charge in [0, 0.05) is 23.5 Å². The number of alkyl halides is 1. The second-order valence-corrected chi connectivity index (χ2v) is 6.37. The van der Waals surface area contributed by atoms with Crippen LogP contribution in [0.1, 0.15) is 35.6 Å². The van der Waals surface area contributed by atoms with Crippen molar-refractivity contribution in [1.82, 2.24) is 9.97 Å². The molecule has 4 nitrogen and oxygen atoms in total. The number of rotatable bonds is 5. The summed E-state index contributed by atoms with van der Waals surface area (Å²) >= 11 is 0. The summed E-state index contributed by atoms with van der Waals surface area (Å²) in [5, 5.41) is 2.62. The lowest BCUT2D eigenvalue weighted by molar-refractivity contribution is -0.117. The number of hydrogen-bond acceptors (Lipinski definition) is 3. The van der Waals surface area contributed by atoms with Gasteiger partial charge in [-0.3, -0.25) is 9.78 Å². The van der Waals surface area contributed by atoms with Crippen LogP contribution in [0.4, 0.5) is 14.6 Å². The summed E-state index contributed by atoms with van der Waals surface area (Å²) in [4.78, 5) is 19.9. The molecule has 6 heteroatoms. The van der Waals surface area contributed by atoms with E-state index in [-0.39, 0.29) is 18.1 Å². The number of carbonyl (C=O) groups excluding carboxylic acids is 1. The molecular weight excluding hydrogens is 336 g/mol. The predicted octanol–water partition coefficient (Wildman–Crippen LogP) is 4.42. The number of anilines is 1. The number of amides is 1. The number of pyridine rings is 2. The Labute approximate surface area is 150 Å². The SMILES string of the molecule is C=Cc1cc(NC(=O)C2CC2F)ncc1/C=C(\C)c1cncc(F)c1C. The van der Waals surface area contributed by atoms with Gasteiger partial charge in [0.15, 0.2) is 0 Å². The summed E-state index contributed by atoms with van der Waals surface area (Å²) in [7, 11) is 0. The van der Waals surface area contributed by atoms with Gasteiger partial charge >= 0.3 is 0 Å². The topological polar surface area (TPSA) is 54.9 Å². The first-order valence-corrected chi connectivity index (χ1v) is 8.27. The fourth-order valence-corrected chi connectivity index (χ4v) is 2.71. The lowest BCUT2D eigenvalue weighted by atomic mass is 10.0. The molecule has 0 bridgehead atoms. The number of nitrogens with zero attached hydrogens (tertiary/aromatic N) is 2. The Morgan fingerprint density at radius 3 is 2.73 bits per heavy atom. The van der Waals surface area contributed by atoms with Crippen LogP contribution >= 0.6 is 0 Å². The first kappa shape index (κ1) is 17.9. The summed E-state index contributed by atoms with van der Waals surface area (Å²) in [6, 6.07) is 1.68. The molecular formula is C20H19F2N3O. The minimum absolute atomic E-state index is 0.265. The van der Waals surface area contributed by atoms with Crippen molar-refractivity contribution in [1.29, 1.82) is 0 Å². The second kappa shape index (κ2) is 7.15. The Kier molecular flexibility index (Phi) is 4.93. The average Bonchev–Trinajstić information content (AvgIpc) is 3.35. The minimum Gasteiger partial charge on any atom is -0.310 e. The molecule has 2 aromatic rings. The summed E-state index contributed by atoms with van der Waals surface area (Å²) in [5.41, 5.74) is 3.59. The van der Waals surface area contributed by atoms with Crippen molar-refractivity contribution in [2.45, 2.75) is 26.4 Å². The number of aromatic nitrogens is 2. The van der Waals surface area contributed by atoms with E-state index in [0.717, 1.165) is 16.7 Å². The van der Waals surface area contributed by atoms with E-state index < -0.39 is 12.1 Å². The van der Waals surface area contributed by atoms with Crippen molar-refractivity contribution in [2.24, 2.45) is 5.92 Å². The van der Waals surface area contributed by atoms with Crippen LogP contribution < -0.4 is 5.32 Å². The van der Waals surface area contributed by atoms with E-state index in [2.05, 4.69) is 21.9 Å². The Balaban J connectivity index is 1.86. The maximum Gasteiger partial charge on any atom is 0.231 e. The molecule has 0 aromatic carbocycles. The minimum atomic E-state index is -1.05. The molecule has 2 heterocycles. The third kappa shape index (κ3) is 3.69. The quantitative estimate of drug-likeness (QED) is 0.863. The van der Waals surface area contributed by atoms with Gasteiger partial charge in [-0.25, -0.2) is 13.8 Å². The van der Waals surface area contributed by atoms with Gasteiger partial charge in [0.25, 0.3) is 0 Å². The van der Waals surface area contributed by atoms with Crippen LogP contribution in [0.5, 0.6) is 0 Å². The molecule has 1 aliphatic rings. The van der Waals surface area contributed by atoms with Gasteiger partial charge in [0.2, 0.25) is 5.91 Å². The molecule has 3 rings (SSSR count).